The van der Waals surface area contributed by atoms with E-state index in [1.165, 1.54) is 48.5 Å². The lowest BCUT2D eigenvalue weighted by Crippen LogP contribution is -2.29. The Kier molecular flexibility index (Phi) is 8.15. The second-order valence-corrected chi connectivity index (χ2v) is 10.2. The van der Waals surface area contributed by atoms with Crippen LogP contribution in [0.15, 0.2) is 71.6 Å². The van der Waals surface area contributed by atoms with Crippen LogP contribution in [0.3, 0.4) is 0 Å². The maximum atomic E-state index is 14.3. The lowest BCUT2D eigenvalue weighted by molar-refractivity contribution is -0.140. The highest BCUT2D eigenvalue weighted by molar-refractivity contribution is 7.89. The molecule has 0 aliphatic rings. The Hall–Kier alpha value is -2.30. The van der Waals surface area contributed by atoms with E-state index in [4.69, 9.17) is 28.0 Å². The third-order valence-electron chi connectivity index (χ3n) is 4.93. The van der Waals surface area contributed by atoms with E-state index in [2.05, 4.69) is 0 Å². The van der Waals surface area contributed by atoms with Gasteiger partial charge in [0.1, 0.15) is 5.56 Å². The van der Waals surface area contributed by atoms with E-state index in [1.54, 1.807) is 36.0 Å². The van der Waals surface area contributed by atoms with Crippen molar-refractivity contribution in [2.45, 2.75) is 17.0 Å². The summed E-state index contributed by atoms with van der Waals surface area (Å²) in [5, 5.41) is 0.483. The van der Waals surface area contributed by atoms with Gasteiger partial charge in [-0.15, -0.1) is 0 Å². The lowest BCUT2D eigenvalue weighted by atomic mass is 9.87. The van der Waals surface area contributed by atoms with E-state index in [0.717, 1.165) is 6.07 Å². The SMILES string of the molecule is CN(C)CC(c1ccc(Cl)c(Cl)c1)c1cccc(ONS(=O)(=O)c2ccccc2)c1C(F)(F)F. The van der Waals surface area contributed by atoms with Crippen molar-refractivity contribution >= 4 is 33.2 Å². The molecule has 1 N–H and O–H groups in total. The van der Waals surface area contributed by atoms with Crippen LogP contribution in [-0.4, -0.2) is 34.0 Å². The summed E-state index contributed by atoms with van der Waals surface area (Å²) in [5.74, 6) is -1.44. The number of hydrogen-bond donors (Lipinski definition) is 1. The van der Waals surface area contributed by atoms with Gasteiger partial charge in [0, 0.05) is 12.5 Å². The highest BCUT2D eigenvalue weighted by atomic mass is 35.5. The number of nitrogens with one attached hydrogen (secondary N) is 1. The first-order valence-corrected chi connectivity index (χ1v) is 12.2. The first kappa shape index (κ1) is 26.3. The van der Waals surface area contributed by atoms with E-state index < -0.39 is 33.4 Å². The fourth-order valence-corrected chi connectivity index (χ4v) is 4.57. The summed E-state index contributed by atoms with van der Waals surface area (Å²) in [6, 6.07) is 15.6. The van der Waals surface area contributed by atoms with E-state index in [9.17, 15) is 21.6 Å². The maximum absolute atomic E-state index is 14.3. The van der Waals surface area contributed by atoms with Gasteiger partial charge in [-0.05, 0) is 60.4 Å². The molecular weight excluding hydrogens is 512 g/mol. The minimum absolute atomic E-state index is 0.101. The molecule has 0 heterocycles. The van der Waals surface area contributed by atoms with Gasteiger partial charge in [0.15, 0.2) is 5.75 Å². The van der Waals surface area contributed by atoms with Gasteiger partial charge in [-0.2, -0.15) is 13.2 Å². The van der Waals surface area contributed by atoms with Crippen LogP contribution in [0.1, 0.15) is 22.6 Å². The molecule has 0 spiro atoms. The Balaban J connectivity index is 2.08. The minimum Gasteiger partial charge on any atom is -0.393 e. The van der Waals surface area contributed by atoms with Crippen LogP contribution in [0.25, 0.3) is 0 Å². The van der Waals surface area contributed by atoms with Gasteiger partial charge >= 0.3 is 6.18 Å². The Morgan fingerprint density at radius 3 is 2.24 bits per heavy atom. The molecule has 0 amide bonds. The molecule has 0 fully saturated rings. The van der Waals surface area contributed by atoms with Crippen LogP contribution in [0, 0.1) is 0 Å². The third kappa shape index (κ3) is 6.22. The average molecular weight is 533 g/mol. The van der Waals surface area contributed by atoms with Gasteiger partial charge in [0.05, 0.1) is 14.9 Å². The number of alkyl halides is 3. The second-order valence-electron chi connectivity index (χ2n) is 7.71. The molecule has 0 saturated carbocycles. The summed E-state index contributed by atoms with van der Waals surface area (Å²) in [6.07, 6.45) is -4.84. The summed E-state index contributed by atoms with van der Waals surface area (Å²) in [5.41, 5.74) is -0.685. The highest BCUT2D eigenvalue weighted by Crippen LogP contribution is 2.43. The van der Waals surface area contributed by atoms with Gasteiger partial charge in [-0.25, -0.2) is 8.42 Å². The smallest absolute Gasteiger partial charge is 0.393 e. The number of benzene rings is 3. The molecular formula is C23H21Cl2F3N2O3S. The molecule has 182 valence electrons. The third-order valence-corrected chi connectivity index (χ3v) is 6.86. The molecule has 3 aromatic rings. The van der Waals surface area contributed by atoms with Crippen molar-refractivity contribution in [3.8, 4) is 5.75 Å². The summed E-state index contributed by atoms with van der Waals surface area (Å²) < 4.78 is 67.8. The Bertz CT molecular complexity index is 1250. The zero-order valence-electron chi connectivity index (χ0n) is 18.1. The van der Waals surface area contributed by atoms with Gasteiger partial charge in [0.2, 0.25) is 0 Å². The number of likely N-dealkylation sites (N-methyl/N-ethyl adjacent to an activating group) is 1. The second kappa shape index (κ2) is 10.5. The monoisotopic (exact) mass is 532 g/mol. The minimum atomic E-state index is -4.84. The van der Waals surface area contributed by atoms with E-state index >= 15 is 0 Å². The topological polar surface area (TPSA) is 58.6 Å². The predicted octanol–water partition coefficient (Wildman–Crippen LogP) is 5.98. The predicted molar refractivity (Wildman–Crippen MR) is 126 cm³/mol. The molecule has 0 aliphatic heterocycles. The van der Waals surface area contributed by atoms with Crippen molar-refractivity contribution in [2.75, 3.05) is 20.6 Å². The van der Waals surface area contributed by atoms with Crippen molar-refractivity contribution in [2.24, 2.45) is 0 Å². The zero-order chi connectivity index (χ0) is 25.1. The molecule has 3 aromatic carbocycles. The van der Waals surface area contributed by atoms with Crippen molar-refractivity contribution < 1.29 is 26.4 Å². The first-order chi connectivity index (χ1) is 15.9. The molecule has 11 heteroatoms. The van der Waals surface area contributed by atoms with Crippen LogP contribution in [0.2, 0.25) is 10.0 Å². The molecule has 0 radical (unpaired) electrons. The van der Waals surface area contributed by atoms with E-state index in [0.29, 0.717) is 5.56 Å². The largest absolute Gasteiger partial charge is 0.420 e. The lowest BCUT2D eigenvalue weighted by Gasteiger charge is -2.26. The highest BCUT2D eigenvalue weighted by Gasteiger charge is 2.40. The molecule has 0 bridgehead atoms. The number of sulfonamides is 1. The van der Waals surface area contributed by atoms with Crippen LogP contribution in [0.5, 0.6) is 5.75 Å². The van der Waals surface area contributed by atoms with Gasteiger partial charge < -0.3 is 9.74 Å². The summed E-state index contributed by atoms with van der Waals surface area (Å²) in [4.78, 5) is 8.41. The van der Waals surface area contributed by atoms with Gasteiger partial charge in [0.25, 0.3) is 10.0 Å². The summed E-state index contributed by atoms with van der Waals surface area (Å²) >= 11 is 12.1. The molecule has 34 heavy (non-hydrogen) atoms. The molecule has 0 saturated heterocycles. The quantitative estimate of drug-likeness (QED) is 0.362. The molecule has 1 atom stereocenters. The Labute approximate surface area is 206 Å². The maximum Gasteiger partial charge on any atom is 0.420 e. The molecule has 0 aliphatic carbocycles. The van der Waals surface area contributed by atoms with E-state index in [1.807, 2.05) is 0 Å². The zero-order valence-corrected chi connectivity index (χ0v) is 20.4. The molecule has 1 unspecified atom stereocenters. The van der Waals surface area contributed by atoms with Crippen molar-refractivity contribution in [1.29, 1.82) is 0 Å². The van der Waals surface area contributed by atoms with Crippen molar-refractivity contribution in [3.05, 3.63) is 93.5 Å². The standard InChI is InChI=1S/C23H21Cl2F3N2O3S/c1-30(2)14-18(15-11-12-19(24)20(25)13-15)17-9-6-10-21(22(17)23(26,27)28)33-29-34(31,32)16-7-4-3-5-8-16/h3-13,18,29H,14H2,1-2H3. The number of halogens is 5. The number of hydrogen-bond acceptors (Lipinski definition) is 4. The Morgan fingerprint density at radius 1 is 0.971 bits per heavy atom. The summed E-state index contributed by atoms with van der Waals surface area (Å²) in [6.45, 7) is 0.209. The molecule has 0 aromatic heterocycles. The summed E-state index contributed by atoms with van der Waals surface area (Å²) in [7, 11) is -0.759. The van der Waals surface area contributed by atoms with Crippen LogP contribution >= 0.6 is 23.2 Å². The fourth-order valence-electron chi connectivity index (χ4n) is 3.45. The van der Waals surface area contributed by atoms with Gasteiger partial charge in [-0.3, -0.25) is 0 Å². The molecule has 5 nitrogen and oxygen atoms in total. The molecule has 3 rings (SSSR count). The van der Waals surface area contributed by atoms with Crippen molar-refractivity contribution in [1.82, 2.24) is 9.79 Å². The Morgan fingerprint density at radius 2 is 1.65 bits per heavy atom. The first-order valence-electron chi connectivity index (χ1n) is 9.93. The average Bonchev–Trinajstić information content (AvgIpc) is 2.77. The van der Waals surface area contributed by atoms with Crippen LogP contribution in [0.4, 0.5) is 13.2 Å². The normalized spacial score (nSPS) is 13.2. The number of nitrogens with zero attached hydrogens (tertiary/aromatic N) is 1. The van der Waals surface area contributed by atoms with Crippen molar-refractivity contribution in [3.63, 3.8) is 0 Å². The fraction of sp³-hybridized carbons (Fsp3) is 0.217. The van der Waals surface area contributed by atoms with E-state index in [-0.39, 0.29) is 27.0 Å². The van der Waals surface area contributed by atoms with Gasteiger partial charge in [-0.1, -0.05) is 59.6 Å². The van der Waals surface area contributed by atoms with Crippen LogP contribution in [-0.2, 0) is 16.2 Å². The van der Waals surface area contributed by atoms with Crippen LogP contribution < -0.4 is 9.72 Å². The number of rotatable bonds is 8.